The van der Waals surface area contributed by atoms with E-state index in [2.05, 4.69) is 39.3 Å². The quantitative estimate of drug-likeness (QED) is 0.762. The molecule has 96 valence electrons. The number of hydrogen-bond acceptors (Lipinski definition) is 1. The van der Waals surface area contributed by atoms with E-state index in [1.54, 1.807) is 0 Å². The van der Waals surface area contributed by atoms with E-state index in [0.717, 1.165) is 18.4 Å². The maximum Gasteiger partial charge on any atom is 0.183 e. The lowest BCUT2D eigenvalue weighted by Gasteiger charge is -2.39. The minimum Gasteiger partial charge on any atom is -0.301 e. The molecule has 0 bridgehead atoms. The zero-order valence-corrected chi connectivity index (χ0v) is 12.5. The largest absolute Gasteiger partial charge is 0.301 e. The van der Waals surface area contributed by atoms with Crippen LogP contribution in [0.1, 0.15) is 34.6 Å². The van der Waals surface area contributed by atoms with Gasteiger partial charge >= 0.3 is 0 Å². The summed E-state index contributed by atoms with van der Waals surface area (Å²) in [6.07, 6.45) is 0. The first-order valence-corrected chi connectivity index (χ1v) is 7.95. The highest BCUT2D eigenvalue weighted by Gasteiger charge is 2.42. The van der Waals surface area contributed by atoms with Crippen molar-refractivity contribution in [1.82, 2.24) is 4.67 Å². The van der Waals surface area contributed by atoms with Gasteiger partial charge in [-0.05, 0) is 0 Å². The van der Waals surface area contributed by atoms with Crippen molar-refractivity contribution in [3.8, 4) is 0 Å². The summed E-state index contributed by atoms with van der Waals surface area (Å²) in [4.78, 5) is 0. The summed E-state index contributed by atoms with van der Waals surface area (Å²) in [5.41, 5.74) is 0. The molecule has 0 radical (unpaired) electrons. The van der Waals surface area contributed by atoms with Crippen molar-refractivity contribution < 1.29 is 4.57 Å². The lowest BCUT2D eigenvalue weighted by atomic mass is 10.3. The predicted octanol–water partition coefficient (Wildman–Crippen LogP) is 3.73. The van der Waals surface area contributed by atoms with Gasteiger partial charge < -0.3 is 4.57 Å². The van der Waals surface area contributed by atoms with Gasteiger partial charge in [-0.1, -0.05) is 65.0 Å². The van der Waals surface area contributed by atoms with E-state index in [1.165, 1.54) is 0 Å². The molecule has 1 unspecified atom stereocenters. The topological polar surface area (TPSA) is 20.3 Å². The molecule has 0 spiro atoms. The second-order valence-electron chi connectivity index (χ2n) is 5.22. The second-order valence-corrected chi connectivity index (χ2v) is 8.80. The summed E-state index contributed by atoms with van der Waals surface area (Å²) in [6, 6.07) is 9.89. The number of rotatable bonds is 4. The van der Waals surface area contributed by atoms with Gasteiger partial charge in [0.1, 0.15) is 0 Å². The molecular weight excluding hydrogens is 229 g/mol. The maximum atomic E-state index is 13.5. The Labute approximate surface area is 105 Å². The Morgan fingerprint density at radius 3 is 1.88 bits per heavy atom. The highest BCUT2D eigenvalue weighted by Crippen LogP contribution is 2.59. The van der Waals surface area contributed by atoms with Crippen LogP contribution in [0.15, 0.2) is 30.3 Å². The SMILES string of the molecule is CCN(CC)P(=O)(c1ccccc1)C(C)(C)C. The molecular formula is C14H24NOP. The van der Waals surface area contributed by atoms with Crippen LogP contribution in [0.2, 0.25) is 0 Å². The van der Waals surface area contributed by atoms with Crippen LogP contribution < -0.4 is 5.30 Å². The van der Waals surface area contributed by atoms with Crippen molar-refractivity contribution in [2.45, 2.75) is 39.8 Å². The summed E-state index contributed by atoms with van der Waals surface area (Å²) >= 11 is 0. The third kappa shape index (κ3) is 2.64. The number of hydrogen-bond donors (Lipinski definition) is 0. The molecule has 0 heterocycles. The Hall–Kier alpha value is -0.590. The first-order valence-electron chi connectivity index (χ1n) is 6.29. The molecule has 0 fully saturated rings. The maximum absolute atomic E-state index is 13.5. The Morgan fingerprint density at radius 1 is 1.06 bits per heavy atom. The zero-order valence-electron chi connectivity index (χ0n) is 11.6. The van der Waals surface area contributed by atoms with Gasteiger partial charge in [-0.25, -0.2) is 4.67 Å². The monoisotopic (exact) mass is 253 g/mol. The lowest BCUT2D eigenvalue weighted by Crippen LogP contribution is -2.36. The molecule has 0 saturated heterocycles. The fourth-order valence-electron chi connectivity index (χ4n) is 2.23. The lowest BCUT2D eigenvalue weighted by molar-refractivity contribution is 0.429. The van der Waals surface area contributed by atoms with Gasteiger partial charge in [0.05, 0.1) is 0 Å². The highest BCUT2D eigenvalue weighted by atomic mass is 31.2. The van der Waals surface area contributed by atoms with E-state index in [0.29, 0.717) is 0 Å². The third-order valence-electron chi connectivity index (χ3n) is 3.14. The zero-order chi connectivity index (χ0) is 13.1. The summed E-state index contributed by atoms with van der Waals surface area (Å²) in [7, 11) is -2.53. The summed E-state index contributed by atoms with van der Waals surface area (Å²) < 4.78 is 15.6. The molecule has 2 nitrogen and oxygen atoms in total. The molecule has 0 aliphatic heterocycles. The van der Waals surface area contributed by atoms with Crippen molar-refractivity contribution in [2.75, 3.05) is 13.1 Å². The van der Waals surface area contributed by atoms with Crippen molar-refractivity contribution in [2.24, 2.45) is 0 Å². The molecule has 1 rings (SSSR count). The molecule has 1 aromatic carbocycles. The second kappa shape index (κ2) is 5.37. The molecule has 0 aliphatic rings. The van der Waals surface area contributed by atoms with Gasteiger partial charge in [0.25, 0.3) is 0 Å². The first-order chi connectivity index (χ1) is 7.87. The van der Waals surface area contributed by atoms with Crippen LogP contribution in [-0.2, 0) is 4.57 Å². The van der Waals surface area contributed by atoms with E-state index in [9.17, 15) is 4.57 Å². The standard InChI is InChI=1S/C14H24NOP/c1-6-15(7-2)17(16,14(3,4)5)13-11-9-8-10-12-13/h8-12H,6-7H2,1-5H3. The Balaban J connectivity index is 3.36. The molecule has 0 aromatic heterocycles. The highest BCUT2D eigenvalue weighted by molar-refractivity contribution is 7.70. The fourth-order valence-corrected chi connectivity index (χ4v) is 5.55. The van der Waals surface area contributed by atoms with E-state index < -0.39 is 7.29 Å². The summed E-state index contributed by atoms with van der Waals surface area (Å²) in [5, 5.41) is 0.733. The van der Waals surface area contributed by atoms with Crippen LogP contribution in [0.5, 0.6) is 0 Å². The molecule has 1 aromatic rings. The van der Waals surface area contributed by atoms with Crippen LogP contribution in [-0.4, -0.2) is 22.9 Å². The molecule has 0 N–H and O–H groups in total. The van der Waals surface area contributed by atoms with E-state index in [4.69, 9.17) is 0 Å². The van der Waals surface area contributed by atoms with Crippen molar-refractivity contribution >= 4 is 12.6 Å². The van der Waals surface area contributed by atoms with E-state index in [-0.39, 0.29) is 5.16 Å². The van der Waals surface area contributed by atoms with Crippen molar-refractivity contribution in [1.29, 1.82) is 0 Å². The predicted molar refractivity (Wildman–Crippen MR) is 76.4 cm³/mol. The molecule has 0 saturated carbocycles. The van der Waals surface area contributed by atoms with E-state index >= 15 is 0 Å². The van der Waals surface area contributed by atoms with Gasteiger partial charge in [-0.3, -0.25) is 0 Å². The van der Waals surface area contributed by atoms with E-state index in [1.807, 2.05) is 30.3 Å². The molecule has 0 amide bonds. The van der Waals surface area contributed by atoms with Gasteiger partial charge in [-0.2, -0.15) is 0 Å². The van der Waals surface area contributed by atoms with Gasteiger partial charge in [0.2, 0.25) is 0 Å². The smallest absolute Gasteiger partial charge is 0.183 e. The molecule has 3 heteroatoms. The molecule has 1 atom stereocenters. The van der Waals surface area contributed by atoms with Gasteiger partial charge in [0, 0.05) is 23.6 Å². The Kier molecular flexibility index (Phi) is 4.57. The minimum absolute atomic E-state index is 0.236. The average molecular weight is 253 g/mol. The molecule has 0 aliphatic carbocycles. The van der Waals surface area contributed by atoms with Gasteiger partial charge in [-0.15, -0.1) is 0 Å². The van der Waals surface area contributed by atoms with Crippen molar-refractivity contribution in [3.05, 3.63) is 30.3 Å². The first kappa shape index (κ1) is 14.5. The van der Waals surface area contributed by atoms with Crippen LogP contribution in [0.4, 0.5) is 0 Å². The Morgan fingerprint density at radius 2 is 1.53 bits per heavy atom. The summed E-state index contributed by atoms with van der Waals surface area (Å²) in [6.45, 7) is 12.0. The number of benzene rings is 1. The minimum atomic E-state index is -2.53. The van der Waals surface area contributed by atoms with Crippen molar-refractivity contribution in [3.63, 3.8) is 0 Å². The van der Waals surface area contributed by atoms with Crippen LogP contribution in [0.3, 0.4) is 0 Å². The summed E-state index contributed by atoms with van der Waals surface area (Å²) in [5.74, 6) is 0. The molecule has 17 heavy (non-hydrogen) atoms. The van der Waals surface area contributed by atoms with Crippen LogP contribution in [0, 0.1) is 0 Å². The average Bonchev–Trinajstić information content (AvgIpc) is 2.30. The number of nitrogens with zero attached hydrogens (tertiary/aromatic N) is 1. The fraction of sp³-hybridized carbons (Fsp3) is 0.571. The van der Waals surface area contributed by atoms with Gasteiger partial charge in [0.15, 0.2) is 7.29 Å². The third-order valence-corrected chi connectivity index (χ3v) is 7.32. The normalized spacial score (nSPS) is 15.9. The van der Waals surface area contributed by atoms with Crippen LogP contribution in [0.25, 0.3) is 0 Å². The Bertz CT molecular complexity index is 390. The van der Waals surface area contributed by atoms with Crippen LogP contribution >= 0.6 is 7.29 Å².